The van der Waals surface area contributed by atoms with E-state index in [9.17, 15) is 29.1 Å². The minimum absolute atomic E-state index is 0.0250. The number of hydrogen-bond donors (Lipinski definition) is 7. The SMILES string of the molecule is CCCCCC[C@@H](OC(=O)CNC(=O)[C@@H](C)COCCCN)[C@@H](C)C(=O)N(C)[C@@H](CC(C)C)C(=O)N[C@H](C(=O)N[C@@H](CN)C(N)O)C1CCCCC1. The summed E-state index contributed by atoms with van der Waals surface area (Å²) in [6, 6.07) is -2.70. The maximum atomic E-state index is 14.1. The molecule has 10 N–H and O–H groups in total. The van der Waals surface area contributed by atoms with Gasteiger partial charge in [-0.2, -0.15) is 0 Å². The van der Waals surface area contributed by atoms with Crippen LogP contribution in [0.2, 0.25) is 0 Å². The van der Waals surface area contributed by atoms with Crippen molar-refractivity contribution in [2.45, 2.75) is 142 Å². The lowest BCUT2D eigenvalue weighted by molar-refractivity contribution is -0.158. The van der Waals surface area contributed by atoms with Crippen molar-refractivity contribution in [3.8, 4) is 0 Å². The van der Waals surface area contributed by atoms with Crippen LogP contribution in [0.25, 0.3) is 0 Å². The van der Waals surface area contributed by atoms with E-state index in [2.05, 4.69) is 22.9 Å². The van der Waals surface area contributed by atoms with Crippen LogP contribution in [-0.4, -0.2) is 110 Å². The smallest absolute Gasteiger partial charge is 0.325 e. The lowest BCUT2D eigenvalue weighted by Gasteiger charge is -2.36. The molecule has 0 aromatic rings. The first kappa shape index (κ1) is 47.2. The molecule has 0 aliphatic heterocycles. The highest BCUT2D eigenvalue weighted by Gasteiger charge is 2.38. The summed E-state index contributed by atoms with van der Waals surface area (Å²) < 4.78 is 11.3. The molecule has 4 amide bonds. The van der Waals surface area contributed by atoms with Crippen molar-refractivity contribution < 1.29 is 38.6 Å². The van der Waals surface area contributed by atoms with Crippen LogP contribution in [0.4, 0.5) is 0 Å². The predicted molar refractivity (Wildman–Crippen MR) is 200 cm³/mol. The summed E-state index contributed by atoms with van der Waals surface area (Å²) >= 11 is 0. The highest BCUT2D eigenvalue weighted by molar-refractivity contribution is 5.93. The van der Waals surface area contributed by atoms with Crippen molar-refractivity contribution >= 4 is 29.6 Å². The molecule has 15 nitrogen and oxygen atoms in total. The van der Waals surface area contributed by atoms with E-state index >= 15 is 0 Å². The van der Waals surface area contributed by atoms with Gasteiger partial charge in [-0.25, -0.2) is 0 Å². The Morgan fingerprint density at radius 2 is 1.58 bits per heavy atom. The number of ether oxygens (including phenoxy) is 2. The molecule has 1 fully saturated rings. The molecule has 0 bridgehead atoms. The van der Waals surface area contributed by atoms with Gasteiger partial charge in [0.2, 0.25) is 23.6 Å². The second kappa shape index (κ2) is 26.0. The van der Waals surface area contributed by atoms with Crippen molar-refractivity contribution in [1.29, 1.82) is 0 Å². The number of esters is 1. The van der Waals surface area contributed by atoms with Crippen LogP contribution in [0.3, 0.4) is 0 Å². The Hall–Kier alpha value is -2.85. The van der Waals surface area contributed by atoms with E-state index in [1.807, 2.05) is 13.8 Å². The summed E-state index contributed by atoms with van der Waals surface area (Å²) in [5.74, 6) is -3.73. The number of aliphatic hydroxyl groups excluding tert-OH is 1. The topological polar surface area (TPSA) is 241 Å². The number of nitrogens with two attached hydrogens (primary N) is 3. The van der Waals surface area contributed by atoms with Crippen LogP contribution in [0, 0.1) is 23.7 Å². The van der Waals surface area contributed by atoms with E-state index in [-0.39, 0.29) is 43.3 Å². The molecule has 1 aliphatic carbocycles. The Labute approximate surface area is 311 Å². The number of likely N-dealkylation sites (N-methyl/N-ethyl adjacent to an activating group) is 1. The van der Waals surface area contributed by atoms with Gasteiger partial charge in [0.15, 0.2) is 0 Å². The third-order valence-electron chi connectivity index (χ3n) is 9.80. The number of hydrogen-bond acceptors (Lipinski definition) is 11. The van der Waals surface area contributed by atoms with E-state index in [1.54, 1.807) is 20.9 Å². The summed E-state index contributed by atoms with van der Waals surface area (Å²) in [5, 5.41) is 18.2. The molecule has 1 rings (SSSR count). The average molecular weight is 742 g/mol. The maximum Gasteiger partial charge on any atom is 0.325 e. The van der Waals surface area contributed by atoms with E-state index < -0.39 is 60.1 Å². The minimum atomic E-state index is -1.37. The predicted octanol–water partition coefficient (Wildman–Crippen LogP) is 1.28. The summed E-state index contributed by atoms with van der Waals surface area (Å²) in [7, 11) is 1.56. The van der Waals surface area contributed by atoms with E-state index in [1.165, 1.54) is 4.90 Å². The summed E-state index contributed by atoms with van der Waals surface area (Å²) in [4.78, 5) is 68.6. The number of amides is 4. The molecule has 15 heteroatoms. The van der Waals surface area contributed by atoms with Gasteiger partial charge in [0.25, 0.3) is 0 Å². The molecule has 0 aromatic carbocycles. The largest absolute Gasteiger partial charge is 0.460 e. The molecule has 0 radical (unpaired) electrons. The molecule has 1 aliphatic rings. The number of nitrogens with one attached hydrogen (secondary N) is 3. The van der Waals surface area contributed by atoms with Crippen molar-refractivity contribution in [3.63, 3.8) is 0 Å². The fraction of sp³-hybridized carbons (Fsp3) is 0.865. The molecule has 0 spiro atoms. The van der Waals surface area contributed by atoms with Crippen LogP contribution in [0.5, 0.6) is 0 Å². The molecule has 0 saturated heterocycles. The van der Waals surface area contributed by atoms with E-state index in [0.29, 0.717) is 32.4 Å². The van der Waals surface area contributed by atoms with Gasteiger partial charge < -0.3 is 52.6 Å². The Morgan fingerprint density at radius 3 is 2.15 bits per heavy atom. The third kappa shape index (κ3) is 17.3. The standard InChI is InChI=1S/C37H71N7O8/c1-7-8-9-13-17-30(52-31(45)22-41-34(47)25(4)23-51-19-14-18-38)26(5)37(50)44(6)29(20-24(2)3)35(48)43-32(27-15-11-10-12-16-27)36(49)42-28(21-39)33(40)46/h24-30,32-33,46H,7-23,38-40H2,1-6H3,(H,41,47)(H,42,49)(H,43,48)/t25-,26+,28-,29-,30+,32-,33?/m0/s1. The fourth-order valence-electron chi connectivity index (χ4n) is 6.44. The number of unbranched alkanes of at least 4 members (excludes halogenated alkanes) is 3. The van der Waals surface area contributed by atoms with Gasteiger partial charge in [-0.15, -0.1) is 0 Å². The number of carbonyl (C=O) groups excluding carboxylic acids is 5. The van der Waals surface area contributed by atoms with Crippen LogP contribution in [0.1, 0.15) is 112 Å². The zero-order valence-electron chi connectivity index (χ0n) is 32.7. The van der Waals surface area contributed by atoms with Crippen LogP contribution in [-0.2, 0) is 33.4 Å². The monoisotopic (exact) mass is 742 g/mol. The molecule has 1 saturated carbocycles. The zero-order chi connectivity index (χ0) is 39.2. The molecule has 7 atom stereocenters. The Kier molecular flexibility index (Phi) is 23.6. The minimum Gasteiger partial charge on any atom is -0.460 e. The fourth-order valence-corrected chi connectivity index (χ4v) is 6.44. The van der Waals surface area contributed by atoms with Crippen molar-refractivity contribution in [1.82, 2.24) is 20.9 Å². The van der Waals surface area contributed by atoms with Gasteiger partial charge in [-0.3, -0.25) is 24.0 Å². The number of rotatable bonds is 26. The number of carbonyl (C=O) groups is 5. The third-order valence-corrected chi connectivity index (χ3v) is 9.80. The summed E-state index contributed by atoms with van der Waals surface area (Å²) in [5.41, 5.74) is 16.8. The lowest BCUT2D eigenvalue weighted by Crippen LogP contribution is -2.61. The quantitative estimate of drug-likeness (QED) is 0.0378. The Balaban J connectivity index is 3.14. The molecule has 52 heavy (non-hydrogen) atoms. The lowest BCUT2D eigenvalue weighted by atomic mass is 9.83. The van der Waals surface area contributed by atoms with Gasteiger partial charge in [0.1, 0.15) is 31.0 Å². The first-order valence-electron chi connectivity index (χ1n) is 19.4. The first-order chi connectivity index (χ1) is 24.7. The highest BCUT2D eigenvalue weighted by atomic mass is 16.5. The molecule has 0 aromatic heterocycles. The molecule has 0 heterocycles. The summed E-state index contributed by atoms with van der Waals surface area (Å²) in [6.45, 7) is 10.1. The van der Waals surface area contributed by atoms with Gasteiger partial charge >= 0.3 is 5.97 Å². The van der Waals surface area contributed by atoms with Crippen LogP contribution >= 0.6 is 0 Å². The second-order valence-electron chi connectivity index (χ2n) is 14.8. The van der Waals surface area contributed by atoms with Gasteiger partial charge in [0.05, 0.1) is 24.5 Å². The first-order valence-corrected chi connectivity index (χ1v) is 19.4. The molecular formula is C37H71N7O8. The van der Waals surface area contributed by atoms with E-state index in [4.69, 9.17) is 26.7 Å². The molecule has 302 valence electrons. The number of nitrogens with zero attached hydrogens (tertiary/aromatic N) is 1. The second-order valence-corrected chi connectivity index (χ2v) is 14.8. The van der Waals surface area contributed by atoms with Crippen molar-refractivity contribution in [2.24, 2.45) is 40.9 Å². The normalized spacial score (nSPS) is 17.6. The average Bonchev–Trinajstić information content (AvgIpc) is 3.12. The Bertz CT molecular complexity index is 1070. The van der Waals surface area contributed by atoms with Crippen molar-refractivity contribution in [3.05, 3.63) is 0 Å². The van der Waals surface area contributed by atoms with Crippen molar-refractivity contribution in [2.75, 3.05) is 39.9 Å². The van der Waals surface area contributed by atoms with Gasteiger partial charge in [-0.05, 0) is 56.9 Å². The summed E-state index contributed by atoms with van der Waals surface area (Å²) in [6.07, 6.45) is 7.27. The number of aliphatic hydroxyl groups is 1. The molecular weight excluding hydrogens is 670 g/mol. The Morgan fingerprint density at radius 1 is 0.904 bits per heavy atom. The maximum absolute atomic E-state index is 14.1. The van der Waals surface area contributed by atoms with Gasteiger partial charge in [0, 0.05) is 20.2 Å². The van der Waals surface area contributed by atoms with E-state index in [0.717, 1.165) is 57.8 Å². The van der Waals surface area contributed by atoms with Crippen LogP contribution in [0.15, 0.2) is 0 Å². The molecule has 1 unspecified atom stereocenters. The van der Waals surface area contributed by atoms with Crippen LogP contribution < -0.4 is 33.2 Å². The zero-order valence-corrected chi connectivity index (χ0v) is 32.7. The van der Waals surface area contributed by atoms with Gasteiger partial charge in [-0.1, -0.05) is 73.1 Å². The highest BCUT2D eigenvalue weighted by Crippen LogP contribution is 2.28.